The van der Waals surface area contributed by atoms with Gasteiger partial charge in [0.2, 0.25) is 5.91 Å². The molecule has 0 bridgehead atoms. The highest BCUT2D eigenvalue weighted by atomic mass is 35.5. The van der Waals surface area contributed by atoms with Gasteiger partial charge < -0.3 is 15.4 Å². The van der Waals surface area contributed by atoms with Gasteiger partial charge in [-0.3, -0.25) is 9.59 Å². The molecular formula is C20H21ClN2O3. The molecule has 26 heavy (non-hydrogen) atoms. The summed E-state index contributed by atoms with van der Waals surface area (Å²) in [6.45, 7) is 0.443. The maximum absolute atomic E-state index is 12.1. The predicted octanol–water partition coefficient (Wildman–Crippen LogP) is 4.03. The van der Waals surface area contributed by atoms with Gasteiger partial charge in [-0.05, 0) is 61.7 Å². The molecule has 5 nitrogen and oxygen atoms in total. The number of hydrogen-bond acceptors (Lipinski definition) is 3. The van der Waals surface area contributed by atoms with Gasteiger partial charge >= 0.3 is 0 Å². The Hall–Kier alpha value is -2.53. The average Bonchev–Trinajstić information content (AvgIpc) is 3.44. The molecule has 2 aromatic rings. The molecule has 1 aliphatic rings. The first kappa shape index (κ1) is 18.3. The number of benzene rings is 2. The molecule has 0 heterocycles. The van der Waals surface area contributed by atoms with Crippen molar-refractivity contribution in [2.24, 2.45) is 0 Å². The van der Waals surface area contributed by atoms with Crippen molar-refractivity contribution in [2.75, 3.05) is 11.9 Å². The molecule has 0 spiro atoms. The van der Waals surface area contributed by atoms with E-state index in [4.69, 9.17) is 16.3 Å². The van der Waals surface area contributed by atoms with E-state index in [1.165, 1.54) is 0 Å². The Morgan fingerprint density at radius 2 is 1.88 bits per heavy atom. The van der Waals surface area contributed by atoms with E-state index in [2.05, 4.69) is 10.6 Å². The third-order valence-corrected chi connectivity index (χ3v) is 4.20. The lowest BCUT2D eigenvalue weighted by Gasteiger charge is -2.09. The van der Waals surface area contributed by atoms with Crippen LogP contribution in [0.15, 0.2) is 48.5 Å². The second-order valence-electron chi connectivity index (χ2n) is 6.28. The fourth-order valence-electron chi connectivity index (χ4n) is 2.41. The zero-order valence-electron chi connectivity index (χ0n) is 14.3. The zero-order chi connectivity index (χ0) is 18.4. The van der Waals surface area contributed by atoms with E-state index in [1.807, 2.05) is 0 Å². The summed E-state index contributed by atoms with van der Waals surface area (Å²) in [7, 11) is 0. The maximum Gasteiger partial charge on any atom is 0.251 e. The summed E-state index contributed by atoms with van der Waals surface area (Å²) in [6, 6.07) is 14.4. The van der Waals surface area contributed by atoms with Gasteiger partial charge in [0.1, 0.15) is 5.75 Å². The predicted molar refractivity (Wildman–Crippen MR) is 102 cm³/mol. The second kappa shape index (κ2) is 8.72. The highest BCUT2D eigenvalue weighted by Crippen LogP contribution is 2.20. The minimum atomic E-state index is -0.107. The normalized spacial score (nSPS) is 13.1. The lowest BCUT2D eigenvalue weighted by atomic mass is 10.2. The van der Waals surface area contributed by atoms with E-state index >= 15 is 0 Å². The van der Waals surface area contributed by atoms with E-state index < -0.39 is 0 Å². The first-order valence-electron chi connectivity index (χ1n) is 8.69. The van der Waals surface area contributed by atoms with Gasteiger partial charge in [-0.1, -0.05) is 17.7 Å². The number of ether oxygens (including phenoxy) is 1. The van der Waals surface area contributed by atoms with Gasteiger partial charge in [0.15, 0.2) is 0 Å². The molecule has 6 heteroatoms. The molecule has 0 aromatic heterocycles. The van der Waals surface area contributed by atoms with Crippen LogP contribution in [-0.2, 0) is 4.79 Å². The first-order valence-corrected chi connectivity index (χ1v) is 9.07. The molecule has 2 amide bonds. The number of anilines is 1. The molecule has 136 valence electrons. The van der Waals surface area contributed by atoms with Crippen molar-refractivity contribution >= 4 is 29.1 Å². The van der Waals surface area contributed by atoms with Crippen molar-refractivity contribution in [1.82, 2.24) is 5.32 Å². The van der Waals surface area contributed by atoms with Gasteiger partial charge in [0.25, 0.3) is 5.91 Å². The summed E-state index contributed by atoms with van der Waals surface area (Å²) >= 11 is 5.82. The number of rotatable bonds is 8. The third-order valence-electron chi connectivity index (χ3n) is 3.95. The Balaban J connectivity index is 1.41. The minimum Gasteiger partial charge on any atom is -0.494 e. The van der Waals surface area contributed by atoms with Crippen LogP contribution in [0, 0.1) is 0 Å². The van der Waals surface area contributed by atoms with Crippen molar-refractivity contribution in [1.29, 1.82) is 0 Å². The Kier molecular flexibility index (Phi) is 6.12. The van der Waals surface area contributed by atoms with Gasteiger partial charge in [-0.25, -0.2) is 0 Å². The fraction of sp³-hybridized carbons (Fsp3) is 0.300. The van der Waals surface area contributed by atoms with Crippen molar-refractivity contribution in [2.45, 2.75) is 31.7 Å². The van der Waals surface area contributed by atoms with Crippen LogP contribution in [0.5, 0.6) is 5.75 Å². The summed E-state index contributed by atoms with van der Waals surface area (Å²) < 4.78 is 5.56. The SMILES string of the molecule is O=C(CCCOc1ccc(Cl)cc1)Nc1cccc(C(=O)NC2CC2)c1. The second-order valence-corrected chi connectivity index (χ2v) is 6.72. The topological polar surface area (TPSA) is 67.4 Å². The largest absolute Gasteiger partial charge is 0.494 e. The monoisotopic (exact) mass is 372 g/mol. The maximum atomic E-state index is 12.1. The van der Waals surface area contributed by atoms with E-state index in [0.717, 1.165) is 18.6 Å². The van der Waals surface area contributed by atoms with Crippen LogP contribution >= 0.6 is 11.6 Å². The molecule has 2 N–H and O–H groups in total. The van der Waals surface area contributed by atoms with Gasteiger partial charge in [-0.15, -0.1) is 0 Å². The number of amides is 2. The molecule has 1 aliphatic carbocycles. The zero-order valence-corrected chi connectivity index (χ0v) is 15.1. The average molecular weight is 373 g/mol. The Labute approximate surface area is 157 Å². The molecule has 3 rings (SSSR count). The molecule has 0 atom stereocenters. The van der Waals surface area contributed by atoms with Crippen LogP contribution in [0.1, 0.15) is 36.0 Å². The number of halogens is 1. The van der Waals surface area contributed by atoms with Crippen LogP contribution in [0.2, 0.25) is 5.02 Å². The smallest absolute Gasteiger partial charge is 0.251 e. The summed E-state index contributed by atoms with van der Waals surface area (Å²) in [4.78, 5) is 24.1. The van der Waals surface area contributed by atoms with Crippen LogP contribution in [0.25, 0.3) is 0 Å². The Morgan fingerprint density at radius 1 is 1.12 bits per heavy atom. The molecule has 0 radical (unpaired) electrons. The molecule has 1 fully saturated rings. The van der Waals surface area contributed by atoms with Gasteiger partial charge in [-0.2, -0.15) is 0 Å². The van der Waals surface area contributed by atoms with Crippen molar-refractivity contribution < 1.29 is 14.3 Å². The van der Waals surface area contributed by atoms with E-state index in [-0.39, 0.29) is 11.8 Å². The van der Waals surface area contributed by atoms with Crippen molar-refractivity contribution in [3.8, 4) is 5.75 Å². The third kappa shape index (κ3) is 5.77. The molecule has 0 saturated heterocycles. The van der Waals surface area contributed by atoms with Crippen LogP contribution in [0.4, 0.5) is 5.69 Å². The highest BCUT2D eigenvalue weighted by molar-refractivity contribution is 6.30. The van der Waals surface area contributed by atoms with Crippen LogP contribution < -0.4 is 15.4 Å². The number of carbonyl (C=O) groups excluding carboxylic acids is 2. The summed E-state index contributed by atoms with van der Waals surface area (Å²) in [5, 5.41) is 6.41. The summed E-state index contributed by atoms with van der Waals surface area (Å²) in [5.74, 6) is 0.522. The van der Waals surface area contributed by atoms with Crippen LogP contribution in [-0.4, -0.2) is 24.5 Å². The highest BCUT2D eigenvalue weighted by Gasteiger charge is 2.23. The minimum absolute atomic E-state index is 0.0973. The Morgan fingerprint density at radius 3 is 2.62 bits per heavy atom. The number of nitrogens with one attached hydrogen (secondary N) is 2. The van der Waals surface area contributed by atoms with E-state index in [0.29, 0.717) is 41.8 Å². The standard InChI is InChI=1S/C20H21ClN2O3/c21-15-6-10-18(11-7-15)26-12-2-5-19(24)22-17-4-1-3-14(13-17)20(25)23-16-8-9-16/h1,3-4,6-7,10-11,13,16H,2,5,8-9,12H2,(H,22,24)(H,23,25). The number of hydrogen-bond donors (Lipinski definition) is 2. The molecule has 2 aromatic carbocycles. The van der Waals surface area contributed by atoms with E-state index in [1.54, 1.807) is 48.5 Å². The lowest BCUT2D eigenvalue weighted by Crippen LogP contribution is -2.25. The molecule has 0 unspecified atom stereocenters. The van der Waals surface area contributed by atoms with Crippen molar-refractivity contribution in [3.05, 3.63) is 59.1 Å². The molecular weight excluding hydrogens is 352 g/mol. The van der Waals surface area contributed by atoms with Crippen molar-refractivity contribution in [3.63, 3.8) is 0 Å². The molecule has 1 saturated carbocycles. The first-order chi connectivity index (χ1) is 12.6. The number of carbonyl (C=O) groups is 2. The summed E-state index contributed by atoms with van der Waals surface area (Å²) in [5.41, 5.74) is 1.18. The lowest BCUT2D eigenvalue weighted by molar-refractivity contribution is -0.116. The van der Waals surface area contributed by atoms with Crippen LogP contribution in [0.3, 0.4) is 0 Å². The quantitative estimate of drug-likeness (QED) is 0.687. The van der Waals surface area contributed by atoms with E-state index in [9.17, 15) is 9.59 Å². The van der Waals surface area contributed by atoms with Gasteiger partial charge in [0, 0.05) is 28.7 Å². The van der Waals surface area contributed by atoms with Gasteiger partial charge in [0.05, 0.1) is 6.61 Å². The summed E-state index contributed by atoms with van der Waals surface area (Å²) in [6.07, 6.45) is 3.02. The fourth-order valence-corrected chi connectivity index (χ4v) is 2.54. The Bertz CT molecular complexity index is 773. The molecule has 0 aliphatic heterocycles.